The van der Waals surface area contributed by atoms with Gasteiger partial charge in [0.05, 0.1) is 12.8 Å². The van der Waals surface area contributed by atoms with Gasteiger partial charge in [-0.1, -0.05) is 6.07 Å². The van der Waals surface area contributed by atoms with Gasteiger partial charge in [0.25, 0.3) is 0 Å². The molecule has 0 fully saturated rings. The highest BCUT2D eigenvalue weighted by Crippen LogP contribution is 2.16. The molecular weight excluding hydrogens is 222 g/mol. The molecule has 1 amide bonds. The molecule has 0 saturated carbocycles. The van der Waals surface area contributed by atoms with Crippen LogP contribution in [0.15, 0.2) is 39.6 Å². The third-order valence-corrected chi connectivity index (χ3v) is 2.15. The number of hydrazone groups is 1. The third-order valence-electron chi connectivity index (χ3n) is 2.15. The SMILES string of the molecule is COc1cccc(N/N=C2\C(=O)N=N[C@H]2N)c1. The highest BCUT2D eigenvalue weighted by Gasteiger charge is 2.25. The Morgan fingerprint density at radius 3 is 3.00 bits per heavy atom. The lowest BCUT2D eigenvalue weighted by atomic mass is 10.3. The molecule has 7 heteroatoms. The molecule has 3 N–H and O–H groups in total. The fraction of sp³-hybridized carbons (Fsp3) is 0.200. The van der Waals surface area contributed by atoms with E-state index >= 15 is 0 Å². The summed E-state index contributed by atoms with van der Waals surface area (Å²) in [4.78, 5) is 11.2. The second-order valence-corrected chi connectivity index (χ2v) is 3.31. The van der Waals surface area contributed by atoms with Crippen LogP contribution in [0.2, 0.25) is 0 Å². The number of carbonyl (C=O) groups is 1. The van der Waals surface area contributed by atoms with Crippen molar-refractivity contribution in [2.45, 2.75) is 6.17 Å². The Labute approximate surface area is 97.4 Å². The van der Waals surface area contributed by atoms with Crippen LogP contribution in [0.3, 0.4) is 0 Å². The maximum absolute atomic E-state index is 11.2. The van der Waals surface area contributed by atoms with Gasteiger partial charge < -0.3 is 10.5 Å². The molecule has 1 aliphatic rings. The highest BCUT2D eigenvalue weighted by atomic mass is 16.5. The van der Waals surface area contributed by atoms with Crippen molar-refractivity contribution < 1.29 is 9.53 Å². The van der Waals surface area contributed by atoms with Crippen molar-refractivity contribution in [1.82, 2.24) is 0 Å². The number of azo groups is 1. The van der Waals surface area contributed by atoms with Crippen LogP contribution in [0.1, 0.15) is 0 Å². The van der Waals surface area contributed by atoms with Gasteiger partial charge in [0.1, 0.15) is 5.75 Å². The molecule has 1 aromatic rings. The lowest BCUT2D eigenvalue weighted by Gasteiger charge is -2.04. The molecule has 17 heavy (non-hydrogen) atoms. The molecule has 0 radical (unpaired) electrons. The van der Waals surface area contributed by atoms with E-state index in [1.54, 1.807) is 31.4 Å². The summed E-state index contributed by atoms with van der Waals surface area (Å²) in [5.41, 5.74) is 9.00. The van der Waals surface area contributed by atoms with Gasteiger partial charge in [-0.3, -0.25) is 10.2 Å². The van der Waals surface area contributed by atoms with Crippen molar-refractivity contribution in [1.29, 1.82) is 0 Å². The molecule has 0 spiro atoms. The van der Waals surface area contributed by atoms with Crippen LogP contribution in [0.4, 0.5) is 5.69 Å². The lowest BCUT2D eigenvalue weighted by Crippen LogP contribution is -2.29. The topological polar surface area (TPSA) is 101 Å². The smallest absolute Gasteiger partial charge is 0.315 e. The van der Waals surface area contributed by atoms with Crippen LogP contribution < -0.4 is 15.9 Å². The Morgan fingerprint density at radius 2 is 2.35 bits per heavy atom. The zero-order valence-corrected chi connectivity index (χ0v) is 9.12. The minimum atomic E-state index is -0.791. The zero-order valence-electron chi connectivity index (χ0n) is 9.12. The highest BCUT2D eigenvalue weighted by molar-refractivity contribution is 6.42. The second kappa shape index (κ2) is 4.71. The van der Waals surface area contributed by atoms with Gasteiger partial charge in [-0.05, 0) is 12.1 Å². The molecular formula is C10H11N5O2. The van der Waals surface area contributed by atoms with Gasteiger partial charge in [-0.2, -0.15) is 10.2 Å². The van der Waals surface area contributed by atoms with Gasteiger partial charge in [0.2, 0.25) is 0 Å². The minimum absolute atomic E-state index is 0.0906. The molecule has 88 valence electrons. The van der Waals surface area contributed by atoms with Crippen LogP contribution in [0.5, 0.6) is 5.75 Å². The van der Waals surface area contributed by atoms with Crippen molar-refractivity contribution in [3.8, 4) is 5.75 Å². The summed E-state index contributed by atoms with van der Waals surface area (Å²) in [7, 11) is 1.57. The molecule has 7 nitrogen and oxygen atoms in total. The van der Waals surface area contributed by atoms with Crippen molar-refractivity contribution in [2.75, 3.05) is 12.5 Å². The van der Waals surface area contributed by atoms with E-state index in [0.717, 1.165) is 0 Å². The number of carbonyl (C=O) groups excluding carboxylic acids is 1. The van der Waals surface area contributed by atoms with Gasteiger partial charge in [0.15, 0.2) is 11.9 Å². The van der Waals surface area contributed by atoms with Gasteiger partial charge in [-0.15, -0.1) is 5.11 Å². The Hall–Kier alpha value is -2.28. The van der Waals surface area contributed by atoms with Crippen molar-refractivity contribution in [3.05, 3.63) is 24.3 Å². The maximum Gasteiger partial charge on any atom is 0.315 e. The van der Waals surface area contributed by atoms with Crippen LogP contribution in [-0.4, -0.2) is 24.9 Å². The van der Waals surface area contributed by atoms with Gasteiger partial charge in [-0.25, -0.2) is 0 Å². The minimum Gasteiger partial charge on any atom is -0.497 e. The molecule has 0 aliphatic carbocycles. The summed E-state index contributed by atoms with van der Waals surface area (Å²) < 4.78 is 5.05. The first kappa shape index (κ1) is 11.2. The van der Waals surface area contributed by atoms with E-state index < -0.39 is 12.1 Å². The number of benzene rings is 1. The second-order valence-electron chi connectivity index (χ2n) is 3.31. The van der Waals surface area contributed by atoms with Crippen molar-refractivity contribution in [2.24, 2.45) is 21.1 Å². The van der Waals surface area contributed by atoms with E-state index in [0.29, 0.717) is 11.4 Å². The number of nitrogens with two attached hydrogens (primary N) is 1. The van der Waals surface area contributed by atoms with Crippen LogP contribution >= 0.6 is 0 Å². The molecule has 0 aromatic heterocycles. The van der Waals surface area contributed by atoms with E-state index in [2.05, 4.69) is 20.8 Å². The largest absolute Gasteiger partial charge is 0.497 e. The number of nitrogens with one attached hydrogen (secondary N) is 1. The van der Waals surface area contributed by atoms with Crippen LogP contribution in [0.25, 0.3) is 0 Å². The number of hydrogen-bond acceptors (Lipinski definition) is 6. The Balaban J connectivity index is 2.11. The van der Waals surface area contributed by atoms with E-state index in [4.69, 9.17) is 10.5 Å². The van der Waals surface area contributed by atoms with Crippen molar-refractivity contribution >= 4 is 17.3 Å². The molecule has 0 unspecified atom stereocenters. The number of amides is 1. The number of hydrogen-bond donors (Lipinski definition) is 2. The summed E-state index contributed by atoms with van der Waals surface area (Å²) in [6.45, 7) is 0. The summed E-state index contributed by atoms with van der Waals surface area (Å²) in [5, 5.41) is 10.7. The predicted molar refractivity (Wildman–Crippen MR) is 61.9 cm³/mol. The average Bonchev–Trinajstić information content (AvgIpc) is 2.67. The molecule has 1 atom stereocenters. The molecule has 1 aromatic carbocycles. The number of anilines is 1. The fourth-order valence-corrected chi connectivity index (χ4v) is 1.28. The lowest BCUT2D eigenvalue weighted by molar-refractivity contribution is -0.111. The quantitative estimate of drug-likeness (QED) is 0.751. The fourth-order valence-electron chi connectivity index (χ4n) is 1.28. The average molecular weight is 233 g/mol. The predicted octanol–water partition coefficient (Wildman–Crippen LogP) is 0.740. The molecule has 0 saturated heterocycles. The third kappa shape index (κ3) is 2.45. The number of ether oxygens (including phenoxy) is 1. The molecule has 0 bridgehead atoms. The molecule has 1 aliphatic heterocycles. The van der Waals surface area contributed by atoms with Gasteiger partial charge in [0, 0.05) is 6.07 Å². The first-order valence-electron chi connectivity index (χ1n) is 4.89. The Morgan fingerprint density at radius 1 is 1.53 bits per heavy atom. The first-order chi connectivity index (χ1) is 8.20. The number of nitrogens with zero attached hydrogens (tertiary/aromatic N) is 3. The molecule has 2 rings (SSSR count). The maximum atomic E-state index is 11.2. The summed E-state index contributed by atoms with van der Waals surface area (Å²) >= 11 is 0. The van der Waals surface area contributed by atoms with Crippen molar-refractivity contribution in [3.63, 3.8) is 0 Å². The standard InChI is InChI=1S/C10H11N5O2/c1-17-7-4-2-3-6(5-7)12-13-8-9(11)14-15-10(8)16/h2-5,9,12H,11H2,1H3/b13-8-/t9-/m1/s1. The summed E-state index contributed by atoms with van der Waals surface area (Å²) in [6, 6.07) is 7.12. The van der Waals surface area contributed by atoms with Crippen LogP contribution in [-0.2, 0) is 4.79 Å². The first-order valence-corrected chi connectivity index (χ1v) is 4.89. The number of rotatable bonds is 3. The summed E-state index contributed by atoms with van der Waals surface area (Å²) in [5.74, 6) is 0.166. The zero-order chi connectivity index (χ0) is 12.3. The van der Waals surface area contributed by atoms with E-state index in [1.807, 2.05) is 0 Å². The summed E-state index contributed by atoms with van der Waals surface area (Å²) in [6.07, 6.45) is -0.791. The normalized spacial score (nSPS) is 20.9. The Kier molecular flexibility index (Phi) is 3.10. The monoisotopic (exact) mass is 233 g/mol. The Bertz CT molecular complexity index is 497. The van der Waals surface area contributed by atoms with Crippen LogP contribution in [0, 0.1) is 0 Å². The van der Waals surface area contributed by atoms with Gasteiger partial charge >= 0.3 is 5.91 Å². The van der Waals surface area contributed by atoms with E-state index in [1.165, 1.54) is 0 Å². The van der Waals surface area contributed by atoms with E-state index in [-0.39, 0.29) is 5.71 Å². The number of methoxy groups -OCH3 is 1. The molecule has 1 heterocycles. The van der Waals surface area contributed by atoms with E-state index in [9.17, 15) is 4.79 Å².